The highest BCUT2D eigenvalue weighted by Crippen LogP contribution is 2.32. The van der Waals surface area contributed by atoms with Crippen molar-refractivity contribution in [3.05, 3.63) is 35.9 Å². The zero-order chi connectivity index (χ0) is 17.0. The number of carbonyl (C=O) groups excluding carboxylic acids is 1. The molecular weight excluding hydrogens is 307 g/mol. The molecule has 0 spiro atoms. The second-order valence-electron chi connectivity index (χ2n) is 5.99. The number of rotatable bonds is 4. The molecule has 0 radical (unpaired) electrons. The van der Waals surface area contributed by atoms with Crippen LogP contribution in [0.3, 0.4) is 0 Å². The number of halogens is 3. The minimum absolute atomic E-state index is 0.0471. The van der Waals surface area contributed by atoms with E-state index in [0.29, 0.717) is 19.4 Å². The zero-order valence-corrected chi connectivity index (χ0v) is 13.0. The summed E-state index contributed by atoms with van der Waals surface area (Å²) < 4.78 is 39.7. The molecule has 1 aromatic rings. The lowest BCUT2D eigenvalue weighted by atomic mass is 9.99. The molecule has 4 nitrogen and oxygen atoms in total. The number of amides is 1. The maximum atomic E-state index is 13.2. The SMILES string of the molecule is C[C@@H]1C[C@H](N)CCN1C(=O)CN[C@H](c1ccccc1)C(F)(F)F. The standard InChI is InChI=1S/C16H22F3N3O/c1-11-9-13(20)7-8-22(11)14(23)10-21-15(16(17,18)19)12-5-3-2-4-6-12/h2-6,11,13,15,21H,7-10,20H2,1H3/t11-,13-,15-/m1/s1. The second kappa shape index (κ2) is 7.31. The van der Waals surface area contributed by atoms with Crippen LogP contribution in [-0.4, -0.2) is 42.2 Å². The first-order chi connectivity index (χ1) is 10.8. The van der Waals surface area contributed by atoms with Crippen LogP contribution in [0.1, 0.15) is 31.4 Å². The van der Waals surface area contributed by atoms with E-state index in [9.17, 15) is 18.0 Å². The van der Waals surface area contributed by atoms with Crippen LogP contribution in [-0.2, 0) is 4.79 Å². The minimum atomic E-state index is -4.46. The number of benzene rings is 1. The average Bonchev–Trinajstić information content (AvgIpc) is 2.47. The third-order valence-electron chi connectivity index (χ3n) is 4.15. The van der Waals surface area contributed by atoms with E-state index in [4.69, 9.17) is 5.73 Å². The number of nitrogens with two attached hydrogens (primary N) is 1. The van der Waals surface area contributed by atoms with Gasteiger partial charge in [0.2, 0.25) is 5.91 Å². The molecule has 1 aliphatic heterocycles. The topological polar surface area (TPSA) is 58.4 Å². The van der Waals surface area contributed by atoms with Crippen molar-refractivity contribution in [3.63, 3.8) is 0 Å². The molecule has 7 heteroatoms. The van der Waals surface area contributed by atoms with Crippen LogP contribution in [0.2, 0.25) is 0 Å². The molecule has 1 heterocycles. The lowest BCUT2D eigenvalue weighted by Crippen LogP contribution is -2.51. The molecule has 23 heavy (non-hydrogen) atoms. The molecule has 2 rings (SSSR count). The van der Waals surface area contributed by atoms with Gasteiger partial charge in [0.15, 0.2) is 0 Å². The molecule has 3 atom stereocenters. The summed E-state index contributed by atoms with van der Waals surface area (Å²) in [5.74, 6) is -0.324. The Hall–Kier alpha value is -1.60. The Morgan fingerprint density at radius 3 is 2.61 bits per heavy atom. The van der Waals surface area contributed by atoms with Gasteiger partial charge in [-0.3, -0.25) is 10.1 Å². The highest BCUT2D eigenvalue weighted by molar-refractivity contribution is 5.78. The van der Waals surface area contributed by atoms with Crippen molar-refractivity contribution in [1.29, 1.82) is 0 Å². The number of nitrogens with one attached hydrogen (secondary N) is 1. The van der Waals surface area contributed by atoms with Crippen molar-refractivity contribution in [1.82, 2.24) is 10.2 Å². The normalized spacial score (nSPS) is 23.6. The summed E-state index contributed by atoms with van der Waals surface area (Å²) in [6.45, 7) is 2.01. The molecule has 0 bridgehead atoms. The summed E-state index contributed by atoms with van der Waals surface area (Å²) in [5, 5.41) is 2.36. The highest BCUT2D eigenvalue weighted by atomic mass is 19.4. The fourth-order valence-corrected chi connectivity index (χ4v) is 2.94. The van der Waals surface area contributed by atoms with Gasteiger partial charge in [0, 0.05) is 18.6 Å². The van der Waals surface area contributed by atoms with Crippen LogP contribution in [0.5, 0.6) is 0 Å². The van der Waals surface area contributed by atoms with Gasteiger partial charge in [-0.25, -0.2) is 0 Å². The van der Waals surface area contributed by atoms with Gasteiger partial charge in [-0.15, -0.1) is 0 Å². The number of piperidine rings is 1. The van der Waals surface area contributed by atoms with E-state index in [1.165, 1.54) is 12.1 Å². The number of hydrogen-bond acceptors (Lipinski definition) is 3. The van der Waals surface area contributed by atoms with Crippen LogP contribution in [0, 0.1) is 0 Å². The van der Waals surface area contributed by atoms with E-state index in [2.05, 4.69) is 5.32 Å². The Morgan fingerprint density at radius 1 is 1.39 bits per heavy atom. The summed E-state index contributed by atoms with van der Waals surface area (Å²) >= 11 is 0. The van der Waals surface area contributed by atoms with E-state index in [1.54, 1.807) is 23.1 Å². The van der Waals surface area contributed by atoms with E-state index in [-0.39, 0.29) is 30.1 Å². The number of carbonyl (C=O) groups is 1. The van der Waals surface area contributed by atoms with Crippen molar-refractivity contribution < 1.29 is 18.0 Å². The molecular formula is C16H22F3N3O. The van der Waals surface area contributed by atoms with Crippen molar-refractivity contribution in [2.45, 2.75) is 44.1 Å². The smallest absolute Gasteiger partial charge is 0.339 e. The summed E-state index contributed by atoms with van der Waals surface area (Å²) in [5.41, 5.74) is 5.94. The van der Waals surface area contributed by atoms with Crippen molar-refractivity contribution in [2.24, 2.45) is 5.73 Å². The summed E-state index contributed by atoms with van der Waals surface area (Å²) in [6, 6.07) is 5.70. The maximum Gasteiger partial charge on any atom is 0.407 e. The van der Waals surface area contributed by atoms with Gasteiger partial charge in [0.1, 0.15) is 6.04 Å². The first-order valence-corrected chi connectivity index (χ1v) is 7.69. The second-order valence-corrected chi connectivity index (χ2v) is 5.99. The van der Waals surface area contributed by atoms with Gasteiger partial charge in [-0.05, 0) is 25.3 Å². The summed E-state index contributed by atoms with van der Waals surface area (Å²) in [4.78, 5) is 13.8. The molecule has 1 amide bonds. The van der Waals surface area contributed by atoms with Gasteiger partial charge < -0.3 is 10.6 Å². The molecule has 1 saturated heterocycles. The zero-order valence-electron chi connectivity index (χ0n) is 13.0. The Morgan fingerprint density at radius 2 is 2.04 bits per heavy atom. The Balaban J connectivity index is 2.00. The monoisotopic (exact) mass is 329 g/mol. The lowest BCUT2D eigenvalue weighted by molar-refractivity contribution is -0.159. The lowest BCUT2D eigenvalue weighted by Gasteiger charge is -2.36. The van der Waals surface area contributed by atoms with Gasteiger partial charge >= 0.3 is 6.18 Å². The van der Waals surface area contributed by atoms with Crippen molar-refractivity contribution in [2.75, 3.05) is 13.1 Å². The third-order valence-corrected chi connectivity index (χ3v) is 4.15. The van der Waals surface area contributed by atoms with Gasteiger partial charge in [0.05, 0.1) is 6.54 Å². The number of hydrogen-bond donors (Lipinski definition) is 2. The fraction of sp³-hybridized carbons (Fsp3) is 0.562. The Labute approximate surface area is 133 Å². The van der Waals surface area contributed by atoms with Crippen molar-refractivity contribution >= 4 is 5.91 Å². The molecule has 1 aromatic carbocycles. The third kappa shape index (κ3) is 4.68. The molecule has 0 aromatic heterocycles. The fourth-order valence-electron chi connectivity index (χ4n) is 2.94. The Kier molecular flexibility index (Phi) is 5.64. The van der Waals surface area contributed by atoms with Crippen LogP contribution in [0.25, 0.3) is 0 Å². The molecule has 1 fully saturated rings. The first kappa shape index (κ1) is 17.7. The van der Waals surface area contributed by atoms with E-state index >= 15 is 0 Å². The molecule has 1 aliphatic rings. The van der Waals surface area contributed by atoms with Crippen LogP contribution in [0.15, 0.2) is 30.3 Å². The van der Waals surface area contributed by atoms with Crippen molar-refractivity contribution in [3.8, 4) is 0 Å². The Bertz CT molecular complexity index is 521. The van der Waals surface area contributed by atoms with E-state index < -0.39 is 12.2 Å². The van der Waals surface area contributed by atoms with Gasteiger partial charge in [-0.1, -0.05) is 30.3 Å². The van der Waals surface area contributed by atoms with Crippen LogP contribution >= 0.6 is 0 Å². The largest absolute Gasteiger partial charge is 0.407 e. The van der Waals surface area contributed by atoms with E-state index in [1.807, 2.05) is 6.92 Å². The van der Waals surface area contributed by atoms with Crippen LogP contribution < -0.4 is 11.1 Å². The molecule has 0 unspecified atom stereocenters. The predicted molar refractivity (Wildman–Crippen MR) is 81.6 cm³/mol. The predicted octanol–water partition coefficient (Wildman–Crippen LogP) is 2.22. The van der Waals surface area contributed by atoms with Crippen LogP contribution in [0.4, 0.5) is 13.2 Å². The average molecular weight is 329 g/mol. The maximum absolute atomic E-state index is 13.2. The highest BCUT2D eigenvalue weighted by Gasteiger charge is 2.41. The van der Waals surface area contributed by atoms with Gasteiger partial charge in [0.25, 0.3) is 0 Å². The first-order valence-electron chi connectivity index (χ1n) is 7.69. The number of likely N-dealkylation sites (tertiary alicyclic amines) is 1. The molecule has 0 saturated carbocycles. The molecule has 3 N–H and O–H groups in total. The number of nitrogens with zero attached hydrogens (tertiary/aromatic N) is 1. The van der Waals surface area contributed by atoms with E-state index in [0.717, 1.165) is 0 Å². The summed E-state index contributed by atoms with van der Waals surface area (Å²) in [6.07, 6.45) is -3.11. The summed E-state index contributed by atoms with van der Waals surface area (Å²) in [7, 11) is 0. The molecule has 0 aliphatic carbocycles. The minimum Gasteiger partial charge on any atom is -0.339 e. The van der Waals surface area contributed by atoms with Gasteiger partial charge in [-0.2, -0.15) is 13.2 Å². The number of alkyl halides is 3. The quantitative estimate of drug-likeness (QED) is 0.890. The molecule has 128 valence electrons.